The lowest BCUT2D eigenvalue weighted by Crippen LogP contribution is -2.18. The third-order valence-electron chi connectivity index (χ3n) is 5.06. The van der Waals surface area contributed by atoms with Crippen molar-refractivity contribution in [3.63, 3.8) is 0 Å². The molecule has 1 saturated carbocycles. The Labute approximate surface area is 141 Å². The van der Waals surface area contributed by atoms with Gasteiger partial charge in [0.1, 0.15) is 0 Å². The fraction of sp³-hybridized carbons (Fsp3) is 0.286. The smallest absolute Gasteiger partial charge is 0.312 e. The highest BCUT2D eigenvalue weighted by Crippen LogP contribution is 2.48. The Hall–Kier alpha value is -2.39. The third-order valence-corrected chi connectivity index (χ3v) is 5.06. The van der Waals surface area contributed by atoms with Gasteiger partial charge in [0.2, 0.25) is 6.29 Å². The molecule has 0 aromatic heterocycles. The number of carbonyl (C=O) groups is 1. The molecule has 0 N–H and O–H groups in total. The van der Waals surface area contributed by atoms with Gasteiger partial charge in [-0.1, -0.05) is 66.2 Å². The molecule has 122 valence electrons. The number of rotatable bonds is 3. The van der Waals surface area contributed by atoms with Crippen molar-refractivity contribution >= 4 is 11.5 Å². The van der Waals surface area contributed by atoms with Crippen molar-refractivity contribution in [2.24, 2.45) is 11.8 Å². The van der Waals surface area contributed by atoms with E-state index in [1.54, 1.807) is 7.11 Å². The van der Waals surface area contributed by atoms with Gasteiger partial charge in [-0.2, -0.15) is 0 Å². The van der Waals surface area contributed by atoms with Gasteiger partial charge in [-0.15, -0.1) is 0 Å². The standard InChI is InChI=1S/C21H20O3/c1-23-21-18-13-16(12-17(18)20(22)24-21)19(14-8-4-2-5-9-14)15-10-6-3-7-11-15/h2-11,17-18,21H,12-13H2,1H3. The zero-order valence-electron chi connectivity index (χ0n) is 13.6. The van der Waals surface area contributed by atoms with Gasteiger partial charge in [0.05, 0.1) is 5.92 Å². The van der Waals surface area contributed by atoms with Crippen LogP contribution in [0.2, 0.25) is 0 Å². The minimum atomic E-state index is -0.409. The molecule has 1 aliphatic heterocycles. The van der Waals surface area contributed by atoms with Crippen molar-refractivity contribution in [1.82, 2.24) is 0 Å². The largest absolute Gasteiger partial charge is 0.435 e. The van der Waals surface area contributed by atoms with E-state index in [-0.39, 0.29) is 17.8 Å². The lowest BCUT2D eigenvalue weighted by atomic mass is 9.91. The number of allylic oxidation sites excluding steroid dienone is 1. The van der Waals surface area contributed by atoms with Crippen LogP contribution in [0.4, 0.5) is 0 Å². The van der Waals surface area contributed by atoms with Gasteiger partial charge in [-0.3, -0.25) is 4.79 Å². The van der Waals surface area contributed by atoms with Gasteiger partial charge >= 0.3 is 5.97 Å². The minimum absolute atomic E-state index is 0.0765. The van der Waals surface area contributed by atoms with E-state index in [1.807, 2.05) is 12.1 Å². The van der Waals surface area contributed by atoms with Crippen LogP contribution in [0, 0.1) is 11.8 Å². The molecule has 1 saturated heterocycles. The van der Waals surface area contributed by atoms with Gasteiger partial charge in [0, 0.05) is 13.0 Å². The quantitative estimate of drug-likeness (QED) is 0.801. The third kappa shape index (κ3) is 2.55. The van der Waals surface area contributed by atoms with E-state index in [4.69, 9.17) is 9.47 Å². The number of ether oxygens (including phenoxy) is 2. The summed E-state index contributed by atoms with van der Waals surface area (Å²) in [5.74, 6) is -0.0744. The van der Waals surface area contributed by atoms with Crippen LogP contribution in [0.15, 0.2) is 66.2 Å². The minimum Gasteiger partial charge on any atom is -0.435 e. The average Bonchev–Trinajstić information content (AvgIpc) is 3.18. The maximum absolute atomic E-state index is 12.1. The maximum Gasteiger partial charge on any atom is 0.312 e. The van der Waals surface area contributed by atoms with Gasteiger partial charge in [0.25, 0.3) is 0 Å². The summed E-state index contributed by atoms with van der Waals surface area (Å²) in [6.07, 6.45) is 1.18. The van der Waals surface area contributed by atoms with Crippen LogP contribution in [0.5, 0.6) is 0 Å². The van der Waals surface area contributed by atoms with Crippen LogP contribution >= 0.6 is 0 Å². The molecule has 2 aliphatic rings. The fourth-order valence-corrected chi connectivity index (χ4v) is 3.97. The number of benzene rings is 2. The van der Waals surface area contributed by atoms with E-state index in [1.165, 1.54) is 22.3 Å². The van der Waals surface area contributed by atoms with Gasteiger partial charge in [-0.25, -0.2) is 0 Å². The van der Waals surface area contributed by atoms with Crippen molar-refractivity contribution in [3.8, 4) is 0 Å². The van der Waals surface area contributed by atoms with Crippen molar-refractivity contribution in [2.45, 2.75) is 19.1 Å². The number of carbonyl (C=O) groups excluding carboxylic acids is 1. The first-order valence-electron chi connectivity index (χ1n) is 8.34. The predicted molar refractivity (Wildman–Crippen MR) is 92.0 cm³/mol. The topological polar surface area (TPSA) is 35.5 Å². The summed E-state index contributed by atoms with van der Waals surface area (Å²) in [6.45, 7) is 0. The van der Waals surface area contributed by atoms with Gasteiger partial charge < -0.3 is 9.47 Å². The second kappa shape index (κ2) is 6.25. The van der Waals surface area contributed by atoms with E-state index in [0.717, 1.165) is 12.8 Å². The Balaban J connectivity index is 1.80. The van der Waals surface area contributed by atoms with E-state index >= 15 is 0 Å². The lowest BCUT2D eigenvalue weighted by Gasteiger charge is -2.16. The van der Waals surface area contributed by atoms with Crippen LogP contribution < -0.4 is 0 Å². The number of fused-ring (bicyclic) bond motifs is 1. The molecule has 4 rings (SSSR count). The molecule has 2 aromatic rings. The normalized spacial score (nSPS) is 25.5. The summed E-state index contributed by atoms with van der Waals surface area (Å²) < 4.78 is 10.7. The molecule has 3 heteroatoms. The lowest BCUT2D eigenvalue weighted by molar-refractivity contribution is -0.162. The summed E-state index contributed by atoms with van der Waals surface area (Å²) in [6, 6.07) is 20.8. The zero-order chi connectivity index (χ0) is 16.5. The predicted octanol–water partition coefficient (Wildman–Crippen LogP) is 4.04. The van der Waals surface area contributed by atoms with Crippen molar-refractivity contribution in [2.75, 3.05) is 7.11 Å². The fourth-order valence-electron chi connectivity index (χ4n) is 3.97. The monoisotopic (exact) mass is 320 g/mol. The van der Waals surface area contributed by atoms with E-state index in [2.05, 4.69) is 48.5 Å². The highest BCUT2D eigenvalue weighted by Gasteiger charge is 2.49. The number of hydrogen-bond acceptors (Lipinski definition) is 3. The number of cyclic esters (lactones) is 1. The highest BCUT2D eigenvalue weighted by molar-refractivity contribution is 5.84. The first-order chi connectivity index (χ1) is 11.8. The number of hydrogen-bond donors (Lipinski definition) is 0. The van der Waals surface area contributed by atoms with Crippen LogP contribution in [-0.2, 0) is 14.3 Å². The molecule has 0 spiro atoms. The average molecular weight is 320 g/mol. The molecule has 0 bridgehead atoms. The summed E-state index contributed by atoms with van der Waals surface area (Å²) in [5, 5.41) is 0. The molecule has 3 nitrogen and oxygen atoms in total. The Bertz CT molecular complexity index is 723. The van der Waals surface area contributed by atoms with Crippen LogP contribution in [0.25, 0.3) is 5.57 Å². The SMILES string of the molecule is COC1OC(=O)C2CC(=C(c3ccccc3)c3ccccc3)CC12. The second-order valence-corrected chi connectivity index (χ2v) is 6.43. The van der Waals surface area contributed by atoms with Crippen LogP contribution in [0.3, 0.4) is 0 Å². The first kappa shape index (κ1) is 15.2. The maximum atomic E-state index is 12.1. The Morgan fingerprint density at radius 3 is 2.08 bits per heavy atom. The van der Waals surface area contributed by atoms with Crippen molar-refractivity contribution in [1.29, 1.82) is 0 Å². The van der Waals surface area contributed by atoms with E-state index in [0.29, 0.717) is 0 Å². The molecule has 2 fully saturated rings. The van der Waals surface area contributed by atoms with Crippen LogP contribution in [0.1, 0.15) is 24.0 Å². The molecular weight excluding hydrogens is 300 g/mol. The first-order valence-corrected chi connectivity index (χ1v) is 8.34. The summed E-state index contributed by atoms with van der Waals surface area (Å²) in [7, 11) is 1.61. The van der Waals surface area contributed by atoms with Gasteiger partial charge in [0.15, 0.2) is 0 Å². The number of methoxy groups -OCH3 is 1. The Morgan fingerprint density at radius 2 is 1.54 bits per heavy atom. The van der Waals surface area contributed by atoms with E-state index in [9.17, 15) is 4.79 Å². The molecule has 1 aliphatic carbocycles. The Morgan fingerprint density at radius 1 is 0.958 bits per heavy atom. The van der Waals surface area contributed by atoms with E-state index < -0.39 is 6.29 Å². The van der Waals surface area contributed by atoms with Gasteiger partial charge in [-0.05, 0) is 29.5 Å². The zero-order valence-corrected chi connectivity index (χ0v) is 13.6. The molecule has 3 atom stereocenters. The molecule has 2 aromatic carbocycles. The van der Waals surface area contributed by atoms with Crippen molar-refractivity contribution < 1.29 is 14.3 Å². The molecule has 24 heavy (non-hydrogen) atoms. The molecule has 3 unspecified atom stereocenters. The highest BCUT2D eigenvalue weighted by atomic mass is 16.7. The number of esters is 1. The van der Waals surface area contributed by atoms with Crippen LogP contribution in [-0.4, -0.2) is 19.4 Å². The summed E-state index contributed by atoms with van der Waals surface area (Å²) >= 11 is 0. The van der Waals surface area contributed by atoms with Crippen molar-refractivity contribution in [3.05, 3.63) is 77.4 Å². The summed E-state index contributed by atoms with van der Waals surface area (Å²) in [5.41, 5.74) is 4.95. The Kier molecular flexibility index (Phi) is 3.95. The second-order valence-electron chi connectivity index (χ2n) is 6.43. The molecule has 1 heterocycles. The molecule has 0 radical (unpaired) electrons. The summed E-state index contributed by atoms with van der Waals surface area (Å²) in [4.78, 5) is 12.1. The molecule has 0 amide bonds. The molecular formula is C21H20O3.